The van der Waals surface area contributed by atoms with Gasteiger partial charge in [-0.2, -0.15) is 0 Å². The van der Waals surface area contributed by atoms with Crippen LogP contribution >= 0.6 is 0 Å². The lowest BCUT2D eigenvalue weighted by Crippen LogP contribution is -2.25. The number of aliphatic hydroxyl groups excluding tert-OH is 1. The Bertz CT molecular complexity index is 731. The number of hydrogen-bond acceptors (Lipinski definition) is 5. The van der Waals surface area contributed by atoms with E-state index in [1.807, 2.05) is 0 Å². The van der Waals surface area contributed by atoms with Gasteiger partial charge in [-0.3, -0.25) is 4.79 Å². The lowest BCUT2D eigenvalue weighted by atomic mass is 10.1. The molecule has 1 heterocycles. The minimum absolute atomic E-state index is 0.200. The topological polar surface area (TPSA) is 77.0 Å². The molecule has 0 aromatic heterocycles. The summed E-state index contributed by atoms with van der Waals surface area (Å²) in [6, 6.07) is 12.2. The molecule has 3 rings (SSSR count). The van der Waals surface area contributed by atoms with Gasteiger partial charge in [-0.1, -0.05) is 12.1 Å². The molecule has 2 aromatic carbocycles. The van der Waals surface area contributed by atoms with Crippen LogP contribution in [0.2, 0.25) is 0 Å². The fraction of sp³-hybridized carbons (Fsp3) is 0.278. The molecule has 6 nitrogen and oxygen atoms in total. The number of rotatable bonds is 6. The zero-order chi connectivity index (χ0) is 16.9. The maximum atomic E-state index is 12.1. The highest BCUT2D eigenvalue weighted by atomic mass is 16.7. The molecule has 1 aliphatic rings. The molecule has 0 aliphatic carbocycles. The summed E-state index contributed by atoms with van der Waals surface area (Å²) in [5.41, 5.74) is 1.25. The molecule has 24 heavy (non-hydrogen) atoms. The third kappa shape index (κ3) is 3.60. The summed E-state index contributed by atoms with van der Waals surface area (Å²) in [6.45, 7) is 0.553. The second-order valence-electron chi connectivity index (χ2n) is 5.41. The van der Waals surface area contributed by atoms with Crippen molar-refractivity contribution < 1.29 is 24.1 Å². The van der Waals surface area contributed by atoms with Crippen LogP contribution in [0.4, 0.5) is 0 Å². The first-order chi connectivity index (χ1) is 11.7. The van der Waals surface area contributed by atoms with Crippen LogP contribution < -0.4 is 19.5 Å². The van der Waals surface area contributed by atoms with Crippen LogP contribution in [0.25, 0.3) is 0 Å². The molecule has 1 amide bonds. The predicted octanol–water partition coefficient (Wildman–Crippen LogP) is 2.28. The number of carbonyl (C=O) groups excluding carboxylic acids is 1. The maximum Gasteiger partial charge on any atom is 0.251 e. The van der Waals surface area contributed by atoms with E-state index in [0.29, 0.717) is 35.8 Å². The summed E-state index contributed by atoms with van der Waals surface area (Å²) < 4.78 is 15.6. The number of carbonyl (C=O) groups is 1. The Morgan fingerprint density at radius 2 is 2.08 bits per heavy atom. The van der Waals surface area contributed by atoms with Crippen molar-refractivity contribution in [3.63, 3.8) is 0 Å². The van der Waals surface area contributed by atoms with Gasteiger partial charge in [-0.05, 0) is 42.3 Å². The van der Waals surface area contributed by atoms with Gasteiger partial charge < -0.3 is 24.6 Å². The van der Waals surface area contributed by atoms with E-state index in [0.717, 1.165) is 5.56 Å². The van der Waals surface area contributed by atoms with Gasteiger partial charge in [0.25, 0.3) is 5.91 Å². The summed E-state index contributed by atoms with van der Waals surface area (Å²) in [5.74, 6) is 1.74. The molecule has 1 atom stereocenters. The van der Waals surface area contributed by atoms with Gasteiger partial charge in [0.05, 0.1) is 13.2 Å². The van der Waals surface area contributed by atoms with Crippen molar-refractivity contribution in [2.45, 2.75) is 12.5 Å². The molecule has 0 saturated carbocycles. The summed E-state index contributed by atoms with van der Waals surface area (Å²) >= 11 is 0. The molecule has 2 aromatic rings. The van der Waals surface area contributed by atoms with Crippen molar-refractivity contribution in [1.29, 1.82) is 0 Å². The Morgan fingerprint density at radius 3 is 2.92 bits per heavy atom. The molecule has 0 saturated heterocycles. The third-order valence-electron chi connectivity index (χ3n) is 3.82. The monoisotopic (exact) mass is 329 g/mol. The largest absolute Gasteiger partial charge is 0.497 e. The Labute approximate surface area is 140 Å². The van der Waals surface area contributed by atoms with E-state index in [1.54, 1.807) is 49.6 Å². The molecular formula is C18H19NO5. The fourth-order valence-corrected chi connectivity index (χ4v) is 2.48. The summed E-state index contributed by atoms with van der Waals surface area (Å²) in [7, 11) is 1.55. The third-order valence-corrected chi connectivity index (χ3v) is 3.82. The quantitative estimate of drug-likeness (QED) is 0.850. The molecule has 0 bridgehead atoms. The molecule has 0 radical (unpaired) electrons. The lowest BCUT2D eigenvalue weighted by molar-refractivity contribution is 0.0942. The van der Waals surface area contributed by atoms with Gasteiger partial charge in [-0.15, -0.1) is 0 Å². The highest BCUT2D eigenvalue weighted by Gasteiger charge is 2.16. The van der Waals surface area contributed by atoms with E-state index in [-0.39, 0.29) is 12.7 Å². The summed E-state index contributed by atoms with van der Waals surface area (Å²) in [5, 5.41) is 13.0. The first-order valence-corrected chi connectivity index (χ1v) is 7.67. The van der Waals surface area contributed by atoms with Gasteiger partial charge in [0, 0.05) is 12.1 Å². The van der Waals surface area contributed by atoms with Gasteiger partial charge >= 0.3 is 0 Å². The zero-order valence-corrected chi connectivity index (χ0v) is 13.3. The highest BCUT2D eigenvalue weighted by Crippen LogP contribution is 2.34. The van der Waals surface area contributed by atoms with Crippen LogP contribution in [-0.2, 0) is 0 Å². The van der Waals surface area contributed by atoms with E-state index >= 15 is 0 Å². The average molecular weight is 329 g/mol. The van der Waals surface area contributed by atoms with Crippen molar-refractivity contribution in [2.24, 2.45) is 0 Å². The van der Waals surface area contributed by atoms with Gasteiger partial charge in [0.15, 0.2) is 11.5 Å². The summed E-state index contributed by atoms with van der Waals surface area (Å²) in [4.78, 5) is 12.1. The number of benzene rings is 2. The first kappa shape index (κ1) is 16.1. The van der Waals surface area contributed by atoms with Crippen molar-refractivity contribution in [1.82, 2.24) is 5.32 Å². The average Bonchev–Trinajstić information content (AvgIpc) is 3.09. The molecule has 1 unspecified atom stereocenters. The number of ether oxygens (including phenoxy) is 3. The number of methoxy groups -OCH3 is 1. The van der Waals surface area contributed by atoms with E-state index in [9.17, 15) is 9.90 Å². The van der Waals surface area contributed by atoms with Crippen LogP contribution in [0.1, 0.15) is 28.4 Å². The minimum atomic E-state index is -0.690. The number of nitrogens with one attached hydrogen (secondary N) is 1. The first-order valence-electron chi connectivity index (χ1n) is 7.67. The van der Waals surface area contributed by atoms with Crippen molar-refractivity contribution in [2.75, 3.05) is 20.4 Å². The Balaban J connectivity index is 1.53. The van der Waals surface area contributed by atoms with Crippen LogP contribution in [-0.4, -0.2) is 31.5 Å². The lowest BCUT2D eigenvalue weighted by Gasteiger charge is -2.12. The minimum Gasteiger partial charge on any atom is -0.497 e. The smallest absolute Gasteiger partial charge is 0.251 e. The van der Waals surface area contributed by atoms with Crippen LogP contribution in [0.15, 0.2) is 42.5 Å². The second-order valence-corrected chi connectivity index (χ2v) is 5.41. The normalized spacial score (nSPS) is 13.4. The molecule has 2 N–H and O–H groups in total. The number of hydrogen-bond donors (Lipinski definition) is 2. The second kappa shape index (κ2) is 7.23. The van der Waals surface area contributed by atoms with Crippen LogP contribution in [0, 0.1) is 0 Å². The van der Waals surface area contributed by atoms with E-state index in [1.165, 1.54) is 0 Å². The highest BCUT2D eigenvalue weighted by molar-refractivity contribution is 5.94. The fourth-order valence-electron chi connectivity index (χ4n) is 2.48. The van der Waals surface area contributed by atoms with Crippen LogP contribution in [0.3, 0.4) is 0 Å². The SMILES string of the molecule is COc1cccc(C(=O)NCCC(O)c2ccc3c(c2)OCO3)c1. The van der Waals surface area contributed by atoms with Crippen molar-refractivity contribution >= 4 is 5.91 Å². The molecular weight excluding hydrogens is 310 g/mol. The maximum absolute atomic E-state index is 12.1. The van der Waals surface area contributed by atoms with Crippen LogP contribution in [0.5, 0.6) is 17.2 Å². The molecule has 0 spiro atoms. The van der Waals surface area contributed by atoms with Gasteiger partial charge in [-0.25, -0.2) is 0 Å². The predicted molar refractivity (Wildman–Crippen MR) is 87.5 cm³/mol. The number of amides is 1. The van der Waals surface area contributed by atoms with Gasteiger partial charge in [0.1, 0.15) is 5.75 Å². The molecule has 6 heteroatoms. The molecule has 1 aliphatic heterocycles. The molecule has 126 valence electrons. The summed E-state index contributed by atoms with van der Waals surface area (Å²) in [6.07, 6.45) is -0.292. The molecule has 0 fully saturated rings. The zero-order valence-electron chi connectivity index (χ0n) is 13.3. The van der Waals surface area contributed by atoms with E-state index in [2.05, 4.69) is 5.32 Å². The van der Waals surface area contributed by atoms with Crippen molar-refractivity contribution in [3.8, 4) is 17.2 Å². The van der Waals surface area contributed by atoms with E-state index in [4.69, 9.17) is 14.2 Å². The Hall–Kier alpha value is -2.73. The van der Waals surface area contributed by atoms with E-state index < -0.39 is 6.10 Å². The van der Waals surface area contributed by atoms with Gasteiger partial charge in [0.2, 0.25) is 6.79 Å². The Morgan fingerprint density at radius 1 is 1.25 bits per heavy atom. The Kier molecular flexibility index (Phi) is 4.86. The number of fused-ring (bicyclic) bond motifs is 1. The number of aliphatic hydroxyl groups is 1. The standard InChI is InChI=1S/C18H19NO5/c1-22-14-4-2-3-13(9-14)18(21)19-8-7-15(20)12-5-6-16-17(10-12)24-11-23-16/h2-6,9-10,15,20H,7-8,11H2,1H3,(H,19,21). The van der Waals surface area contributed by atoms with Crippen molar-refractivity contribution in [3.05, 3.63) is 53.6 Å².